The fourth-order valence-electron chi connectivity index (χ4n) is 1.50. The summed E-state index contributed by atoms with van der Waals surface area (Å²) in [5.74, 6) is 0.518. The van der Waals surface area contributed by atoms with Gasteiger partial charge in [0.1, 0.15) is 18.0 Å². The zero-order valence-corrected chi connectivity index (χ0v) is 9.24. The average Bonchev–Trinajstić information content (AvgIpc) is 2.64. The second-order valence-corrected chi connectivity index (χ2v) is 3.59. The molecular formula is C11H13FN4. The number of para-hydroxylation sites is 1. The molecule has 0 spiro atoms. The van der Waals surface area contributed by atoms with E-state index in [1.54, 1.807) is 17.8 Å². The smallest absolute Gasteiger partial charge is 0.146 e. The van der Waals surface area contributed by atoms with E-state index in [9.17, 15) is 4.39 Å². The number of aromatic nitrogens is 3. The van der Waals surface area contributed by atoms with Gasteiger partial charge in [0.25, 0.3) is 0 Å². The largest absolute Gasteiger partial charge is 0.375 e. The minimum atomic E-state index is -0.248. The van der Waals surface area contributed by atoms with Gasteiger partial charge in [0.2, 0.25) is 0 Å². The Morgan fingerprint density at radius 2 is 2.25 bits per heavy atom. The number of nitrogens with zero attached hydrogens (tertiary/aromatic N) is 3. The first-order valence-electron chi connectivity index (χ1n) is 5.00. The molecule has 5 heteroatoms. The molecule has 0 amide bonds. The van der Waals surface area contributed by atoms with Crippen LogP contribution >= 0.6 is 0 Å². The summed E-state index contributed by atoms with van der Waals surface area (Å²) in [6.07, 6.45) is 1.48. The molecule has 0 radical (unpaired) electrons. The third kappa shape index (κ3) is 2.03. The van der Waals surface area contributed by atoms with Crippen LogP contribution in [0.1, 0.15) is 11.4 Å². The molecule has 0 aliphatic heterocycles. The summed E-state index contributed by atoms with van der Waals surface area (Å²) < 4.78 is 15.1. The van der Waals surface area contributed by atoms with Gasteiger partial charge in [-0.25, -0.2) is 9.37 Å². The fraction of sp³-hybridized carbons (Fsp3) is 0.273. The molecule has 0 saturated heterocycles. The number of rotatable bonds is 3. The Morgan fingerprint density at radius 3 is 2.88 bits per heavy atom. The van der Waals surface area contributed by atoms with Crippen LogP contribution in [0.5, 0.6) is 0 Å². The Bertz CT molecular complexity index is 472. The molecule has 1 N–H and O–H groups in total. The maximum Gasteiger partial charge on any atom is 0.146 e. The lowest BCUT2D eigenvalue weighted by atomic mass is 10.2. The molecule has 1 aromatic heterocycles. The minimum absolute atomic E-state index is 0.248. The van der Waals surface area contributed by atoms with Crippen LogP contribution in [-0.2, 0) is 13.6 Å². The zero-order valence-electron chi connectivity index (χ0n) is 9.24. The van der Waals surface area contributed by atoms with Gasteiger partial charge < -0.3 is 5.32 Å². The number of halogens is 1. The molecule has 0 bridgehead atoms. The summed E-state index contributed by atoms with van der Waals surface area (Å²) in [7, 11) is 1.80. The molecule has 0 aliphatic carbocycles. The number of benzene rings is 1. The number of aryl methyl sites for hydroxylation is 2. The third-order valence-electron chi connectivity index (χ3n) is 2.45. The highest BCUT2D eigenvalue weighted by atomic mass is 19.1. The van der Waals surface area contributed by atoms with Crippen molar-refractivity contribution in [3.63, 3.8) is 0 Å². The number of nitrogens with one attached hydrogen (secondary N) is 1. The van der Waals surface area contributed by atoms with Crippen LogP contribution in [0.2, 0.25) is 0 Å². The van der Waals surface area contributed by atoms with Crippen molar-refractivity contribution in [3.05, 3.63) is 41.7 Å². The van der Waals surface area contributed by atoms with Gasteiger partial charge in [0, 0.05) is 7.05 Å². The predicted molar refractivity (Wildman–Crippen MR) is 59.5 cm³/mol. The highest BCUT2D eigenvalue weighted by Crippen LogP contribution is 2.18. The Balaban J connectivity index is 2.14. The van der Waals surface area contributed by atoms with E-state index in [0.29, 0.717) is 12.2 Å². The summed E-state index contributed by atoms with van der Waals surface area (Å²) in [6, 6.07) is 4.99. The first-order valence-corrected chi connectivity index (χ1v) is 5.00. The molecular weight excluding hydrogens is 207 g/mol. The SMILES string of the molecule is Cc1cccc(F)c1NCc1ncnn1C. The summed E-state index contributed by atoms with van der Waals surface area (Å²) in [6.45, 7) is 2.32. The normalized spacial score (nSPS) is 10.4. The van der Waals surface area contributed by atoms with E-state index in [2.05, 4.69) is 15.4 Å². The average molecular weight is 220 g/mol. The van der Waals surface area contributed by atoms with Crippen molar-refractivity contribution >= 4 is 5.69 Å². The summed E-state index contributed by atoms with van der Waals surface area (Å²) >= 11 is 0. The monoisotopic (exact) mass is 220 g/mol. The van der Waals surface area contributed by atoms with Gasteiger partial charge in [0.05, 0.1) is 12.2 Å². The topological polar surface area (TPSA) is 42.7 Å². The second-order valence-electron chi connectivity index (χ2n) is 3.59. The van der Waals surface area contributed by atoms with Gasteiger partial charge in [0.15, 0.2) is 0 Å². The molecule has 4 nitrogen and oxygen atoms in total. The van der Waals surface area contributed by atoms with E-state index >= 15 is 0 Å². The van der Waals surface area contributed by atoms with E-state index in [0.717, 1.165) is 11.4 Å². The van der Waals surface area contributed by atoms with E-state index < -0.39 is 0 Å². The molecule has 2 aromatic rings. The van der Waals surface area contributed by atoms with Crippen molar-refractivity contribution in [1.29, 1.82) is 0 Å². The molecule has 1 heterocycles. The maximum atomic E-state index is 13.5. The van der Waals surface area contributed by atoms with Gasteiger partial charge in [-0.3, -0.25) is 4.68 Å². The van der Waals surface area contributed by atoms with Crippen LogP contribution in [0.4, 0.5) is 10.1 Å². The maximum absolute atomic E-state index is 13.5. The minimum Gasteiger partial charge on any atom is -0.375 e. The lowest BCUT2D eigenvalue weighted by molar-refractivity contribution is 0.627. The predicted octanol–water partition coefficient (Wildman–Crippen LogP) is 1.87. The first kappa shape index (κ1) is 10.6. The van der Waals surface area contributed by atoms with Crippen LogP contribution < -0.4 is 5.32 Å². The molecule has 0 atom stereocenters. The highest BCUT2D eigenvalue weighted by molar-refractivity contribution is 5.51. The van der Waals surface area contributed by atoms with Gasteiger partial charge >= 0.3 is 0 Å². The number of anilines is 1. The number of hydrogen-bond acceptors (Lipinski definition) is 3. The van der Waals surface area contributed by atoms with Crippen LogP contribution in [0.3, 0.4) is 0 Å². The number of hydrogen-bond donors (Lipinski definition) is 1. The third-order valence-corrected chi connectivity index (χ3v) is 2.45. The van der Waals surface area contributed by atoms with Gasteiger partial charge in [-0.2, -0.15) is 5.10 Å². The van der Waals surface area contributed by atoms with E-state index in [-0.39, 0.29) is 5.82 Å². The lowest BCUT2D eigenvalue weighted by Gasteiger charge is -2.09. The van der Waals surface area contributed by atoms with Crippen molar-refractivity contribution in [1.82, 2.24) is 14.8 Å². The Hall–Kier alpha value is -1.91. The molecule has 2 rings (SSSR count). The van der Waals surface area contributed by atoms with E-state index in [1.165, 1.54) is 12.4 Å². The second kappa shape index (κ2) is 4.30. The highest BCUT2D eigenvalue weighted by Gasteiger charge is 2.06. The van der Waals surface area contributed by atoms with Gasteiger partial charge in [-0.05, 0) is 18.6 Å². The molecule has 0 aliphatic rings. The first-order chi connectivity index (χ1) is 7.68. The van der Waals surface area contributed by atoms with Crippen LogP contribution in [0.15, 0.2) is 24.5 Å². The molecule has 1 aromatic carbocycles. The van der Waals surface area contributed by atoms with E-state index in [1.807, 2.05) is 13.0 Å². The van der Waals surface area contributed by atoms with Crippen LogP contribution in [-0.4, -0.2) is 14.8 Å². The standard InChI is InChI=1S/C11H13FN4/c1-8-4-3-5-9(12)11(8)13-6-10-14-7-15-16(10)2/h3-5,7,13H,6H2,1-2H3. The molecule has 0 unspecified atom stereocenters. The molecule has 84 valence electrons. The fourth-order valence-corrected chi connectivity index (χ4v) is 1.50. The Morgan fingerprint density at radius 1 is 1.44 bits per heavy atom. The van der Waals surface area contributed by atoms with Crippen LogP contribution in [0, 0.1) is 12.7 Å². The Labute approximate surface area is 93.1 Å². The van der Waals surface area contributed by atoms with Gasteiger partial charge in [-0.15, -0.1) is 0 Å². The van der Waals surface area contributed by atoms with Crippen LogP contribution in [0.25, 0.3) is 0 Å². The van der Waals surface area contributed by atoms with Crippen molar-refractivity contribution < 1.29 is 4.39 Å². The van der Waals surface area contributed by atoms with Crippen molar-refractivity contribution in [3.8, 4) is 0 Å². The van der Waals surface area contributed by atoms with Crippen molar-refractivity contribution in [2.45, 2.75) is 13.5 Å². The van der Waals surface area contributed by atoms with Gasteiger partial charge in [-0.1, -0.05) is 12.1 Å². The Kier molecular flexibility index (Phi) is 2.85. The molecule has 16 heavy (non-hydrogen) atoms. The zero-order chi connectivity index (χ0) is 11.5. The summed E-state index contributed by atoms with van der Waals surface area (Å²) in [5, 5.41) is 6.97. The molecule has 0 saturated carbocycles. The molecule has 0 fully saturated rings. The van der Waals surface area contributed by atoms with E-state index in [4.69, 9.17) is 0 Å². The lowest BCUT2D eigenvalue weighted by Crippen LogP contribution is -2.08. The summed E-state index contributed by atoms with van der Waals surface area (Å²) in [4.78, 5) is 4.06. The van der Waals surface area contributed by atoms with Crippen molar-refractivity contribution in [2.75, 3.05) is 5.32 Å². The summed E-state index contributed by atoms with van der Waals surface area (Å²) in [5.41, 5.74) is 1.40. The van der Waals surface area contributed by atoms with Crippen molar-refractivity contribution in [2.24, 2.45) is 7.05 Å². The quantitative estimate of drug-likeness (QED) is 0.858.